The van der Waals surface area contributed by atoms with Crippen LogP contribution in [0.25, 0.3) is 40.3 Å². The largest absolute Gasteiger partial charge is 0.289 e. The van der Waals surface area contributed by atoms with Gasteiger partial charge in [-0.05, 0) is 71.8 Å². The molecule has 0 unspecified atom stereocenters. The molecule has 2 aromatic heterocycles. The molecule has 0 aliphatic heterocycles. The van der Waals surface area contributed by atoms with E-state index in [9.17, 15) is 9.59 Å². The number of aryl methyl sites for hydroxylation is 2. The topological polar surface area (TPSA) is 34.1 Å². The van der Waals surface area contributed by atoms with Gasteiger partial charge in [-0.3, -0.25) is 9.59 Å². The van der Waals surface area contributed by atoms with Crippen LogP contribution in [-0.4, -0.2) is 0 Å². The predicted molar refractivity (Wildman–Crippen MR) is 164 cm³/mol. The Bertz CT molecular complexity index is 1880. The SMILES string of the molecule is CC(C)c1cccc2sc3ccccc3c(=O)c12.CCc1cc(CC)c2sc3ccccc3c(=O)c2c1. The Morgan fingerprint density at radius 1 is 0.649 bits per heavy atom. The van der Waals surface area contributed by atoms with Crippen molar-refractivity contribution in [1.29, 1.82) is 0 Å². The van der Waals surface area contributed by atoms with Crippen LogP contribution in [0.2, 0.25) is 0 Å². The van der Waals surface area contributed by atoms with Crippen LogP contribution >= 0.6 is 22.7 Å². The van der Waals surface area contributed by atoms with E-state index in [-0.39, 0.29) is 10.9 Å². The van der Waals surface area contributed by atoms with Gasteiger partial charge in [0.2, 0.25) is 0 Å². The van der Waals surface area contributed by atoms with Crippen LogP contribution in [0.1, 0.15) is 50.3 Å². The summed E-state index contributed by atoms with van der Waals surface area (Å²) < 4.78 is 4.39. The van der Waals surface area contributed by atoms with Gasteiger partial charge in [0.15, 0.2) is 10.9 Å². The van der Waals surface area contributed by atoms with Crippen molar-refractivity contribution in [2.24, 2.45) is 0 Å². The van der Waals surface area contributed by atoms with Gasteiger partial charge in [0.05, 0.1) is 0 Å². The maximum absolute atomic E-state index is 12.6. The van der Waals surface area contributed by atoms with Crippen molar-refractivity contribution in [3.05, 3.63) is 116 Å². The third kappa shape index (κ3) is 4.72. The fourth-order valence-electron chi connectivity index (χ4n) is 4.86. The van der Waals surface area contributed by atoms with Gasteiger partial charge in [-0.2, -0.15) is 0 Å². The van der Waals surface area contributed by atoms with E-state index in [1.54, 1.807) is 22.7 Å². The maximum Gasteiger partial charge on any atom is 0.196 e. The average Bonchev–Trinajstić information content (AvgIpc) is 2.93. The van der Waals surface area contributed by atoms with Gasteiger partial charge in [-0.1, -0.05) is 70.2 Å². The van der Waals surface area contributed by atoms with Gasteiger partial charge in [0.1, 0.15) is 0 Å². The fourth-order valence-corrected chi connectivity index (χ4v) is 7.21. The summed E-state index contributed by atoms with van der Waals surface area (Å²) in [5, 5.41) is 3.47. The zero-order chi connectivity index (χ0) is 26.1. The first kappa shape index (κ1) is 25.3. The van der Waals surface area contributed by atoms with Crippen molar-refractivity contribution in [3.8, 4) is 0 Å². The first-order valence-electron chi connectivity index (χ1n) is 12.8. The number of hydrogen-bond donors (Lipinski definition) is 0. The molecule has 4 aromatic carbocycles. The summed E-state index contributed by atoms with van der Waals surface area (Å²) in [6, 6.07) is 26.2. The Hall–Kier alpha value is -3.34. The highest BCUT2D eigenvalue weighted by molar-refractivity contribution is 7.25. The summed E-state index contributed by atoms with van der Waals surface area (Å²) in [4.78, 5) is 25.3. The Morgan fingerprint density at radius 2 is 1.27 bits per heavy atom. The first-order valence-corrected chi connectivity index (χ1v) is 14.5. The lowest BCUT2D eigenvalue weighted by atomic mass is 9.98. The lowest BCUT2D eigenvalue weighted by molar-refractivity contribution is 0.876. The fraction of sp³-hybridized carbons (Fsp3) is 0.212. The van der Waals surface area contributed by atoms with E-state index in [1.807, 2.05) is 60.7 Å². The van der Waals surface area contributed by atoms with E-state index < -0.39 is 0 Å². The maximum atomic E-state index is 12.6. The van der Waals surface area contributed by atoms with Crippen molar-refractivity contribution in [1.82, 2.24) is 0 Å². The molecule has 0 aliphatic rings. The van der Waals surface area contributed by atoms with Crippen LogP contribution in [0, 0.1) is 0 Å². The highest BCUT2D eigenvalue weighted by Gasteiger charge is 2.12. The minimum atomic E-state index is 0.170. The molecule has 4 heteroatoms. The van der Waals surface area contributed by atoms with E-state index in [4.69, 9.17) is 0 Å². The predicted octanol–water partition coefficient (Wildman–Crippen LogP) is 9.08. The molecule has 0 fully saturated rings. The molecule has 186 valence electrons. The molecule has 2 nitrogen and oxygen atoms in total. The van der Waals surface area contributed by atoms with E-state index in [0.29, 0.717) is 5.92 Å². The molecule has 0 amide bonds. The van der Waals surface area contributed by atoms with Crippen LogP contribution < -0.4 is 10.9 Å². The van der Waals surface area contributed by atoms with E-state index >= 15 is 0 Å². The third-order valence-corrected chi connectivity index (χ3v) is 9.26. The molecule has 6 aromatic rings. The van der Waals surface area contributed by atoms with E-state index in [1.165, 1.54) is 11.1 Å². The van der Waals surface area contributed by atoms with Crippen molar-refractivity contribution in [2.75, 3.05) is 0 Å². The van der Waals surface area contributed by atoms with Crippen LogP contribution in [0.3, 0.4) is 0 Å². The summed E-state index contributed by atoms with van der Waals surface area (Å²) >= 11 is 3.43. The van der Waals surface area contributed by atoms with Gasteiger partial charge >= 0.3 is 0 Å². The third-order valence-electron chi connectivity index (χ3n) is 6.86. The molecule has 0 N–H and O–H groups in total. The normalized spacial score (nSPS) is 11.4. The molecular weight excluding hydrogens is 492 g/mol. The van der Waals surface area contributed by atoms with Crippen LogP contribution in [0.15, 0.2) is 88.5 Å². The molecule has 2 heterocycles. The van der Waals surface area contributed by atoms with Gasteiger partial charge < -0.3 is 0 Å². The van der Waals surface area contributed by atoms with E-state index in [0.717, 1.165) is 58.7 Å². The number of fused-ring (bicyclic) bond motifs is 4. The van der Waals surface area contributed by atoms with Crippen LogP contribution in [-0.2, 0) is 12.8 Å². The molecule has 0 aliphatic carbocycles. The second kappa shape index (κ2) is 10.6. The molecule has 6 rings (SSSR count). The van der Waals surface area contributed by atoms with Crippen molar-refractivity contribution in [3.63, 3.8) is 0 Å². The molecule has 0 saturated carbocycles. The molecule has 37 heavy (non-hydrogen) atoms. The summed E-state index contributed by atoms with van der Waals surface area (Å²) in [5.74, 6) is 0.370. The van der Waals surface area contributed by atoms with Gasteiger partial charge in [-0.25, -0.2) is 0 Å². The summed E-state index contributed by atoms with van der Waals surface area (Å²) in [6.45, 7) is 8.55. The van der Waals surface area contributed by atoms with Gasteiger partial charge in [0.25, 0.3) is 0 Å². The van der Waals surface area contributed by atoms with Gasteiger partial charge in [0, 0.05) is 40.3 Å². The molecule has 0 bridgehead atoms. The quantitative estimate of drug-likeness (QED) is 0.217. The monoisotopic (exact) mass is 522 g/mol. The first-order chi connectivity index (χ1) is 17.9. The second-order valence-electron chi connectivity index (χ2n) is 9.57. The van der Waals surface area contributed by atoms with Crippen molar-refractivity contribution in [2.45, 2.75) is 46.5 Å². The lowest BCUT2D eigenvalue weighted by Gasteiger charge is -2.09. The molecule has 0 atom stereocenters. The Morgan fingerprint density at radius 3 is 1.92 bits per heavy atom. The zero-order valence-corrected chi connectivity index (χ0v) is 23.3. The minimum absolute atomic E-state index is 0.170. The molecule has 0 radical (unpaired) electrons. The molecule has 0 spiro atoms. The Balaban J connectivity index is 0.000000152. The Kier molecular flexibility index (Phi) is 7.23. The summed E-state index contributed by atoms with van der Waals surface area (Å²) in [5.41, 5.74) is 4.05. The average molecular weight is 523 g/mol. The molecule has 0 saturated heterocycles. The minimum Gasteiger partial charge on any atom is -0.289 e. The number of benzene rings is 4. The highest BCUT2D eigenvalue weighted by Crippen LogP contribution is 2.30. The summed E-state index contributed by atoms with van der Waals surface area (Å²) in [7, 11) is 0. The highest BCUT2D eigenvalue weighted by atomic mass is 32.1. The molecular formula is C33H30O2S2. The van der Waals surface area contributed by atoms with Crippen molar-refractivity contribution >= 4 is 63.0 Å². The zero-order valence-electron chi connectivity index (χ0n) is 21.6. The second-order valence-corrected chi connectivity index (χ2v) is 11.7. The number of rotatable bonds is 3. The smallest absolute Gasteiger partial charge is 0.196 e. The lowest BCUT2D eigenvalue weighted by Crippen LogP contribution is -2.05. The van der Waals surface area contributed by atoms with Crippen molar-refractivity contribution < 1.29 is 0 Å². The van der Waals surface area contributed by atoms with Crippen LogP contribution in [0.4, 0.5) is 0 Å². The van der Waals surface area contributed by atoms with E-state index in [2.05, 4.69) is 45.9 Å². The summed E-state index contributed by atoms with van der Waals surface area (Å²) in [6.07, 6.45) is 1.94. The van der Waals surface area contributed by atoms with Crippen LogP contribution in [0.5, 0.6) is 0 Å². The Labute approximate surface area is 224 Å². The van der Waals surface area contributed by atoms with Gasteiger partial charge in [-0.15, -0.1) is 22.7 Å². The number of hydrogen-bond acceptors (Lipinski definition) is 4. The standard InChI is InChI=1S/C17H16OS.C16H14OS/c1-3-11-9-12(4-2)17-14(10-11)16(18)13-7-5-6-8-15(13)19-17;1-10(2)11-7-5-9-14-15(11)16(17)12-6-3-4-8-13(12)18-14/h5-10H,3-4H2,1-2H3;3-10H,1-2H3.